The monoisotopic (exact) mass is 538 g/mol. The minimum atomic E-state index is -0.803. The zero-order valence-corrected chi connectivity index (χ0v) is 22.2. The van der Waals surface area contributed by atoms with Crippen LogP contribution in [0.2, 0.25) is 5.02 Å². The van der Waals surface area contributed by atoms with Crippen molar-refractivity contribution >= 4 is 67.1 Å². The normalized spacial score (nSPS) is 17.5. The molecule has 1 atom stereocenters. The smallest absolute Gasteiger partial charge is 0.301 e. The second kappa shape index (κ2) is 9.69. The Labute approximate surface area is 221 Å². The van der Waals surface area contributed by atoms with E-state index in [4.69, 9.17) is 16.3 Å². The number of fused-ring (bicyclic) bond motifs is 1. The molecule has 1 unspecified atom stereocenters. The summed E-state index contributed by atoms with van der Waals surface area (Å²) in [4.78, 5) is 33.5. The summed E-state index contributed by atoms with van der Waals surface area (Å²) >= 11 is 9.00. The summed E-state index contributed by atoms with van der Waals surface area (Å²) in [6.07, 6.45) is 0. The maximum atomic E-state index is 13.4. The predicted molar refractivity (Wildman–Crippen MR) is 145 cm³/mol. The molecule has 3 heterocycles. The summed E-state index contributed by atoms with van der Waals surface area (Å²) in [5.41, 5.74) is 1.97. The van der Waals surface area contributed by atoms with Gasteiger partial charge in [0, 0.05) is 15.5 Å². The van der Waals surface area contributed by atoms with E-state index >= 15 is 0 Å². The Balaban J connectivity index is 1.63. The van der Waals surface area contributed by atoms with Crippen molar-refractivity contribution in [3.63, 3.8) is 0 Å². The van der Waals surface area contributed by atoms with Crippen LogP contribution in [-0.2, 0) is 9.59 Å². The van der Waals surface area contributed by atoms with Gasteiger partial charge in [0.1, 0.15) is 17.6 Å². The van der Waals surface area contributed by atoms with Crippen molar-refractivity contribution in [3.8, 4) is 5.75 Å². The third kappa shape index (κ3) is 4.40. The fourth-order valence-corrected chi connectivity index (χ4v) is 6.09. The molecule has 5 rings (SSSR count). The second-order valence-corrected chi connectivity index (χ2v) is 11.4. The first-order valence-electron chi connectivity index (χ1n) is 11.4. The van der Waals surface area contributed by atoms with Crippen LogP contribution in [0.3, 0.4) is 0 Å². The number of thiazole rings is 1. The number of hydrogen-bond acceptors (Lipinski definition) is 7. The first kappa shape index (κ1) is 24.5. The first-order valence-corrected chi connectivity index (χ1v) is 13.5. The summed E-state index contributed by atoms with van der Waals surface area (Å²) in [5.74, 6) is -0.826. The number of carbonyl (C=O) groups is 2. The van der Waals surface area contributed by atoms with Crippen LogP contribution in [0.15, 0.2) is 59.5 Å². The Bertz CT molecular complexity index is 1470. The van der Waals surface area contributed by atoms with Gasteiger partial charge < -0.3 is 9.84 Å². The molecule has 9 heteroatoms. The molecular formula is C27H23ClN2O4S2. The number of thiophene rings is 1. The van der Waals surface area contributed by atoms with Gasteiger partial charge in [0.15, 0.2) is 5.13 Å². The van der Waals surface area contributed by atoms with Crippen molar-refractivity contribution in [3.05, 3.63) is 80.5 Å². The number of rotatable bonds is 6. The van der Waals surface area contributed by atoms with E-state index in [1.807, 2.05) is 44.4 Å². The van der Waals surface area contributed by atoms with Crippen LogP contribution in [0.1, 0.15) is 35.9 Å². The van der Waals surface area contributed by atoms with E-state index < -0.39 is 17.7 Å². The Morgan fingerprint density at radius 1 is 1.19 bits per heavy atom. The Morgan fingerprint density at radius 2 is 2.00 bits per heavy atom. The van der Waals surface area contributed by atoms with Gasteiger partial charge in [-0.3, -0.25) is 14.5 Å². The standard InChI is InChI=1S/C27H23ClN2O4S2/c1-14(2)13-34-17-7-4-6-16(11-17)24(31)22-23(20-8-5-9-35-20)30(26(33)25(22)32)27-29-19-12-18(28)15(3)10-21(19)36-27/h4-12,14,23,31H,13H2,1-3H3/b24-22+. The van der Waals surface area contributed by atoms with Crippen LogP contribution < -0.4 is 9.64 Å². The zero-order chi connectivity index (χ0) is 25.6. The number of carbonyl (C=O) groups excluding carboxylic acids is 2. The van der Waals surface area contributed by atoms with Gasteiger partial charge in [0.25, 0.3) is 5.78 Å². The van der Waals surface area contributed by atoms with Gasteiger partial charge >= 0.3 is 5.91 Å². The molecular weight excluding hydrogens is 516 g/mol. The highest BCUT2D eigenvalue weighted by Crippen LogP contribution is 2.46. The van der Waals surface area contributed by atoms with E-state index in [0.29, 0.717) is 39.5 Å². The number of nitrogens with zero attached hydrogens (tertiary/aromatic N) is 2. The summed E-state index contributed by atoms with van der Waals surface area (Å²) in [7, 11) is 0. The molecule has 0 radical (unpaired) electrons. The largest absolute Gasteiger partial charge is 0.507 e. The molecule has 1 saturated heterocycles. The maximum absolute atomic E-state index is 13.4. The molecule has 1 aliphatic rings. The molecule has 1 aliphatic heterocycles. The fourth-order valence-electron chi connectivity index (χ4n) is 4.04. The molecule has 1 amide bonds. The van der Waals surface area contributed by atoms with E-state index in [-0.39, 0.29) is 11.3 Å². The van der Waals surface area contributed by atoms with Crippen LogP contribution >= 0.6 is 34.3 Å². The Morgan fingerprint density at radius 3 is 2.72 bits per heavy atom. The van der Waals surface area contributed by atoms with Crippen LogP contribution in [0.5, 0.6) is 5.75 Å². The fraction of sp³-hybridized carbons (Fsp3) is 0.222. The SMILES string of the molecule is Cc1cc2sc(N3C(=O)C(=O)/C(=C(/O)c4cccc(OCC(C)C)c4)C3c3cccs3)nc2cc1Cl. The number of hydrogen-bond donors (Lipinski definition) is 1. The number of anilines is 1. The van der Waals surface area contributed by atoms with Crippen molar-refractivity contribution < 1.29 is 19.4 Å². The summed E-state index contributed by atoms with van der Waals surface area (Å²) in [6.45, 7) is 6.51. The molecule has 1 fully saturated rings. The Hall–Kier alpha value is -3.20. The topological polar surface area (TPSA) is 79.7 Å². The third-order valence-electron chi connectivity index (χ3n) is 5.81. The number of benzene rings is 2. The molecule has 36 heavy (non-hydrogen) atoms. The molecule has 0 saturated carbocycles. The zero-order valence-electron chi connectivity index (χ0n) is 19.8. The summed E-state index contributed by atoms with van der Waals surface area (Å²) in [5, 5.41) is 14.2. The number of ether oxygens (including phenoxy) is 1. The average Bonchev–Trinajstić information content (AvgIpc) is 3.57. The van der Waals surface area contributed by atoms with Crippen molar-refractivity contribution in [2.45, 2.75) is 26.8 Å². The van der Waals surface area contributed by atoms with Gasteiger partial charge in [-0.2, -0.15) is 0 Å². The number of halogens is 1. The lowest BCUT2D eigenvalue weighted by Gasteiger charge is -2.21. The van der Waals surface area contributed by atoms with E-state index in [2.05, 4.69) is 4.98 Å². The van der Waals surface area contributed by atoms with Crippen LogP contribution in [0.4, 0.5) is 5.13 Å². The number of aliphatic hydroxyl groups excluding tert-OH is 1. The van der Waals surface area contributed by atoms with Crippen molar-refractivity contribution in [2.24, 2.45) is 5.92 Å². The molecule has 0 bridgehead atoms. The minimum absolute atomic E-state index is 0.0249. The number of ketones is 1. The first-order chi connectivity index (χ1) is 17.2. The van der Waals surface area contributed by atoms with Crippen LogP contribution in [0.25, 0.3) is 16.0 Å². The summed E-state index contributed by atoms with van der Waals surface area (Å²) in [6, 6.07) is 13.5. The van der Waals surface area contributed by atoms with Gasteiger partial charge in [-0.1, -0.05) is 55.0 Å². The Kier molecular flexibility index (Phi) is 6.59. The van der Waals surface area contributed by atoms with E-state index in [0.717, 1.165) is 15.1 Å². The number of aliphatic hydroxyl groups is 1. The molecule has 2 aromatic heterocycles. The molecule has 0 spiro atoms. The minimum Gasteiger partial charge on any atom is -0.507 e. The molecule has 6 nitrogen and oxygen atoms in total. The number of amides is 1. The average molecular weight is 539 g/mol. The highest BCUT2D eigenvalue weighted by molar-refractivity contribution is 7.22. The highest BCUT2D eigenvalue weighted by Gasteiger charge is 2.48. The lowest BCUT2D eigenvalue weighted by molar-refractivity contribution is -0.132. The third-order valence-corrected chi connectivity index (χ3v) is 8.16. The van der Waals surface area contributed by atoms with Crippen LogP contribution in [0, 0.1) is 12.8 Å². The molecule has 0 aliphatic carbocycles. The van der Waals surface area contributed by atoms with Crippen molar-refractivity contribution in [1.29, 1.82) is 0 Å². The number of Topliss-reactive ketones (excluding diaryl/α,β-unsaturated/α-hetero) is 1. The predicted octanol–water partition coefficient (Wildman–Crippen LogP) is 6.98. The van der Waals surface area contributed by atoms with Gasteiger partial charge in [0.2, 0.25) is 0 Å². The number of aryl methyl sites for hydroxylation is 1. The van der Waals surface area contributed by atoms with Crippen LogP contribution in [-0.4, -0.2) is 28.4 Å². The van der Waals surface area contributed by atoms with E-state index in [1.54, 1.807) is 30.3 Å². The number of aromatic nitrogens is 1. The maximum Gasteiger partial charge on any atom is 0.301 e. The van der Waals surface area contributed by atoms with Gasteiger partial charge in [-0.05, 0) is 54.1 Å². The lowest BCUT2D eigenvalue weighted by Crippen LogP contribution is -2.28. The van der Waals surface area contributed by atoms with Crippen molar-refractivity contribution in [2.75, 3.05) is 11.5 Å². The molecule has 4 aromatic rings. The van der Waals surface area contributed by atoms with Gasteiger partial charge in [0.05, 0.1) is 22.4 Å². The van der Waals surface area contributed by atoms with Gasteiger partial charge in [-0.25, -0.2) is 4.98 Å². The quantitative estimate of drug-likeness (QED) is 0.163. The van der Waals surface area contributed by atoms with E-state index in [1.165, 1.54) is 27.6 Å². The van der Waals surface area contributed by atoms with Crippen molar-refractivity contribution in [1.82, 2.24) is 4.98 Å². The van der Waals surface area contributed by atoms with Gasteiger partial charge in [-0.15, -0.1) is 11.3 Å². The molecule has 2 aromatic carbocycles. The summed E-state index contributed by atoms with van der Waals surface area (Å²) < 4.78 is 6.65. The molecule has 184 valence electrons. The second-order valence-electron chi connectivity index (χ2n) is 8.98. The highest BCUT2D eigenvalue weighted by atomic mass is 35.5. The van der Waals surface area contributed by atoms with E-state index in [9.17, 15) is 14.7 Å². The molecule has 1 N–H and O–H groups in total. The lowest BCUT2D eigenvalue weighted by atomic mass is 10.00.